The van der Waals surface area contributed by atoms with Crippen molar-refractivity contribution in [1.82, 2.24) is 4.57 Å². The van der Waals surface area contributed by atoms with Crippen LogP contribution in [-0.2, 0) is 0 Å². The Kier molecular flexibility index (Phi) is 4.88. The Morgan fingerprint density at radius 2 is 1.79 bits per heavy atom. The number of carbonyl (C=O) groups is 1. The van der Waals surface area contributed by atoms with Crippen LogP contribution < -0.4 is 9.72 Å². The molecular weight excluding hydrogens is 385 g/mol. The molecule has 0 unspecified atom stereocenters. The van der Waals surface area contributed by atoms with Crippen molar-refractivity contribution in [1.29, 1.82) is 0 Å². The van der Waals surface area contributed by atoms with Crippen LogP contribution >= 0.6 is 12.6 Å². The van der Waals surface area contributed by atoms with Crippen molar-refractivity contribution in [2.24, 2.45) is 0 Å². The summed E-state index contributed by atoms with van der Waals surface area (Å²) in [6, 6.07) is 16.5. The minimum absolute atomic E-state index is 0.358. The predicted octanol–water partition coefficient (Wildman–Crippen LogP) is 4.82. The minimum atomic E-state index is -0.362. The molecule has 0 spiro atoms. The largest absolute Gasteiger partial charge is 0.319 e. The number of benzene rings is 2. The standard InChI is InChI=1S/C23H20FN3OS/c1-14-7-8-16(3)19(12-14)27-20-6-4-5-11-26(20)21(23(27)29)22(28)25-17-10-9-15(2)18(24)13-17/h4-13H,1-3H3,(H-,25,28,29)/p+1. The number of aryl methyl sites for hydroxylation is 3. The van der Waals surface area contributed by atoms with Crippen molar-refractivity contribution in [2.75, 3.05) is 5.32 Å². The molecule has 0 radical (unpaired) electrons. The average molecular weight is 407 g/mol. The lowest BCUT2D eigenvalue weighted by molar-refractivity contribution is -0.514. The Hall–Kier alpha value is -3.12. The van der Waals surface area contributed by atoms with Crippen LogP contribution in [0.4, 0.5) is 10.1 Å². The van der Waals surface area contributed by atoms with Gasteiger partial charge in [-0.25, -0.2) is 4.39 Å². The van der Waals surface area contributed by atoms with Gasteiger partial charge in [0.2, 0.25) is 5.03 Å². The first kappa shape index (κ1) is 19.2. The SMILES string of the molecule is Cc1ccc(C)c(-n2c(S)c(C(=O)Nc3ccc(C)c(F)c3)[n+]3ccccc23)c1. The second kappa shape index (κ2) is 7.37. The maximum Gasteiger partial charge on any atom is 0.301 e. The molecule has 29 heavy (non-hydrogen) atoms. The summed E-state index contributed by atoms with van der Waals surface area (Å²) in [6.07, 6.45) is 1.82. The normalized spacial score (nSPS) is 11.1. The van der Waals surface area contributed by atoms with Gasteiger partial charge >= 0.3 is 5.91 Å². The number of nitrogens with zero attached hydrogens (tertiary/aromatic N) is 2. The summed E-state index contributed by atoms with van der Waals surface area (Å²) < 4.78 is 17.6. The van der Waals surface area contributed by atoms with Crippen LogP contribution in [-0.4, -0.2) is 10.5 Å². The number of pyridine rings is 1. The van der Waals surface area contributed by atoms with E-state index in [9.17, 15) is 9.18 Å². The molecule has 1 N–H and O–H groups in total. The van der Waals surface area contributed by atoms with E-state index in [0.29, 0.717) is 22.0 Å². The summed E-state index contributed by atoms with van der Waals surface area (Å²) in [5.74, 6) is -0.720. The Bertz CT molecular complexity index is 1260. The molecule has 0 fully saturated rings. The lowest BCUT2D eigenvalue weighted by Crippen LogP contribution is -2.30. The number of nitrogens with one attached hydrogen (secondary N) is 1. The van der Waals surface area contributed by atoms with Crippen LogP contribution in [0.25, 0.3) is 11.3 Å². The van der Waals surface area contributed by atoms with Gasteiger partial charge in [0.05, 0.1) is 6.20 Å². The molecule has 2 aromatic heterocycles. The van der Waals surface area contributed by atoms with Crippen molar-refractivity contribution < 1.29 is 13.6 Å². The first-order valence-corrected chi connectivity index (χ1v) is 9.70. The molecule has 0 aliphatic rings. The van der Waals surface area contributed by atoms with Crippen LogP contribution in [0.15, 0.2) is 65.8 Å². The molecule has 4 nitrogen and oxygen atoms in total. The number of halogens is 1. The summed E-state index contributed by atoms with van der Waals surface area (Å²) in [7, 11) is 0. The molecule has 2 heterocycles. The molecule has 0 aliphatic carbocycles. The number of hydrogen-bond donors (Lipinski definition) is 2. The van der Waals surface area contributed by atoms with Crippen molar-refractivity contribution in [3.63, 3.8) is 0 Å². The summed E-state index contributed by atoms with van der Waals surface area (Å²) in [5, 5.41) is 3.30. The van der Waals surface area contributed by atoms with Crippen LogP contribution in [0.3, 0.4) is 0 Å². The van der Waals surface area contributed by atoms with Gasteiger partial charge in [-0.3, -0.25) is 4.79 Å². The molecule has 2 aromatic carbocycles. The molecular formula is C23H21FN3OS+. The topological polar surface area (TPSA) is 38.1 Å². The van der Waals surface area contributed by atoms with E-state index in [1.807, 2.05) is 48.9 Å². The van der Waals surface area contributed by atoms with E-state index in [4.69, 9.17) is 12.6 Å². The molecule has 0 saturated carbocycles. The van der Waals surface area contributed by atoms with Crippen molar-refractivity contribution in [2.45, 2.75) is 25.8 Å². The maximum atomic E-state index is 13.9. The summed E-state index contributed by atoms with van der Waals surface area (Å²) in [5.41, 5.74) is 5.26. The Morgan fingerprint density at radius 3 is 2.55 bits per heavy atom. The van der Waals surface area contributed by atoms with Crippen LogP contribution in [0.2, 0.25) is 0 Å². The average Bonchev–Trinajstić information content (AvgIpc) is 2.98. The number of carbonyl (C=O) groups excluding carboxylic acids is 1. The quantitative estimate of drug-likeness (QED) is 0.371. The monoisotopic (exact) mass is 406 g/mol. The number of hydrogen-bond acceptors (Lipinski definition) is 2. The zero-order valence-electron chi connectivity index (χ0n) is 16.4. The zero-order chi connectivity index (χ0) is 20.7. The van der Waals surface area contributed by atoms with Crippen molar-refractivity contribution in [3.05, 3.63) is 89.0 Å². The lowest BCUT2D eigenvalue weighted by atomic mass is 10.1. The number of fused-ring (bicyclic) bond motifs is 1. The highest BCUT2D eigenvalue weighted by Crippen LogP contribution is 2.26. The molecule has 0 bridgehead atoms. The lowest BCUT2D eigenvalue weighted by Gasteiger charge is -2.06. The number of rotatable bonds is 3. The van der Waals surface area contributed by atoms with Gasteiger partial charge < -0.3 is 5.32 Å². The fraction of sp³-hybridized carbons (Fsp3) is 0.130. The van der Waals surface area contributed by atoms with Gasteiger partial charge in [0.15, 0.2) is 0 Å². The van der Waals surface area contributed by atoms with Gasteiger partial charge in [0, 0.05) is 11.8 Å². The number of aromatic nitrogens is 2. The van der Waals surface area contributed by atoms with Gasteiger partial charge in [0.1, 0.15) is 11.5 Å². The summed E-state index contributed by atoms with van der Waals surface area (Å²) in [4.78, 5) is 13.1. The first-order valence-electron chi connectivity index (χ1n) is 9.26. The van der Waals surface area contributed by atoms with E-state index in [-0.39, 0.29) is 11.7 Å². The molecule has 6 heteroatoms. The molecule has 0 atom stereocenters. The van der Waals surface area contributed by atoms with Gasteiger partial charge in [-0.2, -0.15) is 8.97 Å². The van der Waals surface area contributed by atoms with E-state index in [1.54, 1.807) is 23.5 Å². The molecule has 0 saturated heterocycles. The van der Waals surface area contributed by atoms with Crippen LogP contribution in [0, 0.1) is 26.6 Å². The van der Waals surface area contributed by atoms with Gasteiger partial charge in [-0.05, 0) is 61.7 Å². The molecule has 4 rings (SSSR count). The Morgan fingerprint density at radius 1 is 1.03 bits per heavy atom. The Balaban J connectivity index is 1.87. The van der Waals surface area contributed by atoms with Crippen molar-refractivity contribution in [3.8, 4) is 5.69 Å². The smallest absolute Gasteiger partial charge is 0.301 e. The van der Waals surface area contributed by atoms with Crippen molar-refractivity contribution >= 4 is 29.9 Å². The third-order valence-corrected chi connectivity index (χ3v) is 5.39. The number of imidazole rings is 1. The Labute approximate surface area is 174 Å². The number of amides is 1. The molecule has 146 valence electrons. The molecule has 4 aromatic rings. The number of thiol groups is 1. The van der Waals surface area contributed by atoms with E-state index in [1.165, 1.54) is 6.07 Å². The third-order valence-electron chi connectivity index (χ3n) is 4.98. The van der Waals surface area contributed by atoms with Gasteiger partial charge in [0.25, 0.3) is 11.3 Å². The molecule has 1 amide bonds. The second-order valence-corrected chi connectivity index (χ2v) is 7.57. The molecule has 0 aliphatic heterocycles. The van der Waals surface area contributed by atoms with Crippen LogP contribution in [0.1, 0.15) is 27.2 Å². The van der Waals surface area contributed by atoms with E-state index >= 15 is 0 Å². The highest BCUT2D eigenvalue weighted by molar-refractivity contribution is 7.80. The first-order chi connectivity index (χ1) is 13.9. The zero-order valence-corrected chi connectivity index (χ0v) is 17.3. The van der Waals surface area contributed by atoms with E-state index in [2.05, 4.69) is 17.4 Å². The summed E-state index contributed by atoms with van der Waals surface area (Å²) in [6.45, 7) is 5.73. The minimum Gasteiger partial charge on any atom is -0.319 e. The highest BCUT2D eigenvalue weighted by atomic mass is 32.1. The van der Waals surface area contributed by atoms with Gasteiger partial charge in [-0.1, -0.05) is 36.9 Å². The van der Waals surface area contributed by atoms with E-state index in [0.717, 1.165) is 22.5 Å². The maximum absolute atomic E-state index is 13.9. The second-order valence-electron chi connectivity index (χ2n) is 7.14. The number of anilines is 1. The van der Waals surface area contributed by atoms with E-state index < -0.39 is 0 Å². The van der Waals surface area contributed by atoms with Gasteiger partial charge in [-0.15, -0.1) is 0 Å². The van der Waals surface area contributed by atoms with Crippen LogP contribution in [0.5, 0.6) is 0 Å². The fourth-order valence-corrected chi connectivity index (χ4v) is 3.82. The summed E-state index contributed by atoms with van der Waals surface area (Å²) >= 11 is 4.71. The predicted molar refractivity (Wildman–Crippen MR) is 115 cm³/mol. The highest BCUT2D eigenvalue weighted by Gasteiger charge is 2.30. The fourth-order valence-electron chi connectivity index (χ4n) is 3.40. The third kappa shape index (κ3) is 3.40.